The maximum atomic E-state index is 13.1. The van der Waals surface area contributed by atoms with Crippen LogP contribution in [0.4, 0.5) is 0 Å². The van der Waals surface area contributed by atoms with Crippen LogP contribution in [-0.2, 0) is 11.2 Å². The van der Waals surface area contributed by atoms with Crippen LogP contribution in [0.15, 0.2) is 66.7 Å². The third kappa shape index (κ3) is 6.73. The Hall–Kier alpha value is -3.02. The van der Waals surface area contributed by atoms with E-state index in [1.807, 2.05) is 37.3 Å². The average Bonchev–Trinajstić information content (AvgIpc) is 2.81. The van der Waals surface area contributed by atoms with Crippen molar-refractivity contribution in [3.63, 3.8) is 0 Å². The Morgan fingerprint density at radius 2 is 1.73 bits per heavy atom. The normalized spacial score (nSPS) is 11.6. The number of benzene rings is 3. The number of halogens is 2. The molecule has 0 saturated heterocycles. The molecule has 0 bridgehead atoms. The second-order valence-electron chi connectivity index (χ2n) is 7.72. The van der Waals surface area contributed by atoms with Crippen LogP contribution in [0.3, 0.4) is 0 Å². The van der Waals surface area contributed by atoms with Crippen molar-refractivity contribution in [2.45, 2.75) is 32.2 Å². The molecule has 0 saturated carbocycles. The largest absolute Gasteiger partial charge is 0.507 e. The zero-order chi connectivity index (χ0) is 23.8. The lowest BCUT2D eigenvalue weighted by Gasteiger charge is -2.19. The van der Waals surface area contributed by atoms with Gasteiger partial charge in [0.25, 0.3) is 5.91 Å². The molecule has 7 heteroatoms. The number of amides is 2. The van der Waals surface area contributed by atoms with Crippen LogP contribution in [0.1, 0.15) is 35.7 Å². The Morgan fingerprint density at radius 3 is 2.42 bits per heavy atom. The predicted molar refractivity (Wildman–Crippen MR) is 133 cm³/mol. The number of phenols is 1. The fraction of sp³-hybridized carbons (Fsp3) is 0.231. The van der Waals surface area contributed by atoms with Crippen LogP contribution in [0.2, 0.25) is 10.0 Å². The van der Waals surface area contributed by atoms with Crippen LogP contribution in [0, 0.1) is 0 Å². The molecule has 0 aliphatic heterocycles. The molecule has 3 aromatic rings. The lowest BCUT2D eigenvalue weighted by atomic mass is 10.0. The molecule has 0 spiro atoms. The predicted octanol–water partition coefficient (Wildman–Crippen LogP) is 5.62. The molecule has 0 heterocycles. The summed E-state index contributed by atoms with van der Waals surface area (Å²) in [4.78, 5) is 25.9. The van der Waals surface area contributed by atoms with E-state index in [0.29, 0.717) is 39.7 Å². The standard InChI is InChI=1S/C26H26Cl2N2O3/c1-2-3-13-29-26(33)23(14-17-7-5-4-6-8-17)30-25(32)19-10-12-24(31)20(15-19)18-9-11-21(27)22(28)16-18/h4-12,15-16,23,31H,2-3,13-14H2,1H3,(H,29,33)(H,30,32)/t23-/m0/s1. The first-order valence-electron chi connectivity index (χ1n) is 10.8. The van der Waals surface area contributed by atoms with Crippen molar-refractivity contribution in [1.29, 1.82) is 0 Å². The zero-order valence-electron chi connectivity index (χ0n) is 18.3. The van der Waals surface area contributed by atoms with Crippen LogP contribution in [0.25, 0.3) is 11.1 Å². The van der Waals surface area contributed by atoms with Gasteiger partial charge in [0.2, 0.25) is 5.91 Å². The molecule has 172 valence electrons. The van der Waals surface area contributed by atoms with Crippen LogP contribution >= 0.6 is 23.2 Å². The smallest absolute Gasteiger partial charge is 0.251 e. The quantitative estimate of drug-likeness (QED) is 0.344. The molecule has 0 aromatic heterocycles. The van der Waals surface area contributed by atoms with Crippen molar-refractivity contribution in [2.75, 3.05) is 6.54 Å². The van der Waals surface area contributed by atoms with Gasteiger partial charge in [0.1, 0.15) is 11.8 Å². The van der Waals surface area contributed by atoms with E-state index < -0.39 is 11.9 Å². The number of carbonyl (C=O) groups is 2. The fourth-order valence-corrected chi connectivity index (χ4v) is 3.68. The molecule has 0 fully saturated rings. The highest BCUT2D eigenvalue weighted by Crippen LogP contribution is 2.34. The van der Waals surface area contributed by atoms with Gasteiger partial charge in [-0.3, -0.25) is 9.59 Å². The number of unbranched alkanes of at least 4 members (excludes halogenated alkanes) is 1. The highest BCUT2D eigenvalue weighted by atomic mass is 35.5. The minimum Gasteiger partial charge on any atom is -0.507 e. The Balaban J connectivity index is 1.83. The summed E-state index contributed by atoms with van der Waals surface area (Å²) in [7, 11) is 0. The summed E-state index contributed by atoms with van der Waals surface area (Å²) in [6, 6.07) is 18.3. The molecule has 0 unspecified atom stereocenters. The molecule has 3 N–H and O–H groups in total. The lowest BCUT2D eigenvalue weighted by molar-refractivity contribution is -0.122. The molecule has 3 rings (SSSR count). The molecule has 2 amide bonds. The van der Waals surface area contributed by atoms with E-state index in [1.54, 1.807) is 24.3 Å². The van der Waals surface area contributed by atoms with Gasteiger partial charge in [0, 0.05) is 24.1 Å². The summed E-state index contributed by atoms with van der Waals surface area (Å²) < 4.78 is 0. The molecule has 0 aliphatic carbocycles. The summed E-state index contributed by atoms with van der Waals surface area (Å²) >= 11 is 12.1. The summed E-state index contributed by atoms with van der Waals surface area (Å²) in [5, 5.41) is 16.8. The fourth-order valence-electron chi connectivity index (χ4n) is 3.38. The number of carbonyl (C=O) groups excluding carboxylic acids is 2. The Labute approximate surface area is 203 Å². The van der Waals surface area contributed by atoms with Gasteiger partial charge in [-0.25, -0.2) is 0 Å². The first-order valence-corrected chi connectivity index (χ1v) is 11.6. The minimum absolute atomic E-state index is 0.00285. The van der Waals surface area contributed by atoms with E-state index in [2.05, 4.69) is 10.6 Å². The molecule has 0 radical (unpaired) electrons. The Kier molecular flexibility index (Phi) is 8.75. The first kappa shape index (κ1) is 24.6. The Morgan fingerprint density at radius 1 is 0.970 bits per heavy atom. The van der Waals surface area contributed by atoms with Crippen LogP contribution in [0.5, 0.6) is 5.75 Å². The molecular weight excluding hydrogens is 459 g/mol. The summed E-state index contributed by atoms with van der Waals surface area (Å²) in [6.45, 7) is 2.60. The topological polar surface area (TPSA) is 78.4 Å². The minimum atomic E-state index is -0.737. The highest BCUT2D eigenvalue weighted by Gasteiger charge is 2.22. The first-order chi connectivity index (χ1) is 15.9. The lowest BCUT2D eigenvalue weighted by Crippen LogP contribution is -2.48. The second kappa shape index (κ2) is 11.7. The monoisotopic (exact) mass is 484 g/mol. The van der Waals surface area contributed by atoms with Gasteiger partial charge >= 0.3 is 0 Å². The maximum absolute atomic E-state index is 13.1. The SMILES string of the molecule is CCCCNC(=O)[C@H](Cc1ccccc1)NC(=O)c1ccc(O)c(-c2ccc(Cl)c(Cl)c2)c1. The van der Waals surface area contributed by atoms with E-state index in [0.717, 1.165) is 18.4 Å². The van der Waals surface area contributed by atoms with E-state index in [4.69, 9.17) is 23.2 Å². The van der Waals surface area contributed by atoms with Crippen molar-refractivity contribution >= 4 is 35.0 Å². The van der Waals surface area contributed by atoms with Gasteiger partial charge in [-0.1, -0.05) is 72.9 Å². The third-order valence-electron chi connectivity index (χ3n) is 5.22. The Bertz CT molecular complexity index is 1120. The van der Waals surface area contributed by atoms with Gasteiger partial charge in [0.05, 0.1) is 10.0 Å². The molecule has 3 aromatic carbocycles. The molecular formula is C26H26Cl2N2O3. The van der Waals surface area contributed by atoms with Crippen molar-refractivity contribution < 1.29 is 14.7 Å². The second-order valence-corrected chi connectivity index (χ2v) is 8.54. The van der Waals surface area contributed by atoms with Crippen molar-refractivity contribution in [1.82, 2.24) is 10.6 Å². The van der Waals surface area contributed by atoms with E-state index in [1.165, 1.54) is 12.1 Å². The van der Waals surface area contributed by atoms with Gasteiger partial charge in [-0.15, -0.1) is 0 Å². The number of rotatable bonds is 9. The summed E-state index contributed by atoms with van der Waals surface area (Å²) in [5.41, 5.74) is 2.31. The van der Waals surface area contributed by atoms with Gasteiger partial charge in [-0.2, -0.15) is 0 Å². The van der Waals surface area contributed by atoms with Crippen LogP contribution in [-0.4, -0.2) is 29.5 Å². The van der Waals surface area contributed by atoms with E-state index >= 15 is 0 Å². The number of aromatic hydroxyl groups is 1. The maximum Gasteiger partial charge on any atom is 0.251 e. The van der Waals surface area contributed by atoms with Crippen LogP contribution < -0.4 is 10.6 Å². The van der Waals surface area contributed by atoms with E-state index in [-0.39, 0.29) is 11.7 Å². The number of hydrogen-bond donors (Lipinski definition) is 3. The third-order valence-corrected chi connectivity index (χ3v) is 5.96. The van der Waals surface area contributed by atoms with Crippen molar-refractivity contribution in [3.8, 4) is 16.9 Å². The van der Waals surface area contributed by atoms with E-state index in [9.17, 15) is 14.7 Å². The van der Waals surface area contributed by atoms with Crippen molar-refractivity contribution in [3.05, 3.63) is 87.9 Å². The average molecular weight is 485 g/mol. The summed E-state index contributed by atoms with van der Waals surface area (Å²) in [5.74, 6) is -0.643. The van der Waals surface area contributed by atoms with Gasteiger partial charge < -0.3 is 15.7 Å². The zero-order valence-corrected chi connectivity index (χ0v) is 19.8. The van der Waals surface area contributed by atoms with Gasteiger partial charge in [0.15, 0.2) is 0 Å². The highest BCUT2D eigenvalue weighted by molar-refractivity contribution is 6.42. The molecule has 33 heavy (non-hydrogen) atoms. The van der Waals surface area contributed by atoms with Crippen molar-refractivity contribution in [2.24, 2.45) is 0 Å². The molecule has 5 nitrogen and oxygen atoms in total. The number of hydrogen-bond acceptors (Lipinski definition) is 3. The van der Waals surface area contributed by atoms with Gasteiger partial charge in [-0.05, 0) is 47.9 Å². The number of phenolic OH excluding ortho intramolecular Hbond substituents is 1. The number of nitrogens with one attached hydrogen (secondary N) is 2. The molecule has 1 atom stereocenters. The molecule has 0 aliphatic rings. The summed E-state index contributed by atoms with van der Waals surface area (Å²) in [6.07, 6.45) is 2.19.